The maximum atomic E-state index is 8.45. The van der Waals surface area contributed by atoms with E-state index in [9.17, 15) is 0 Å². The highest BCUT2D eigenvalue weighted by molar-refractivity contribution is 9.10. The van der Waals surface area contributed by atoms with Gasteiger partial charge in [0.1, 0.15) is 16.4 Å². The zero-order chi connectivity index (χ0) is 8.97. The molecule has 0 amide bonds. The highest BCUT2D eigenvalue weighted by Gasteiger charge is 2.00. The number of nitriles is 1. The van der Waals surface area contributed by atoms with Crippen LogP contribution in [0.15, 0.2) is 22.9 Å². The second-order valence-electron chi connectivity index (χ2n) is 2.21. The first-order valence-electron chi connectivity index (χ1n) is 3.40. The Hall–Kier alpha value is -1.08. The SMILES string of the molecule is CC(C#N)Oc1ccc(Br)nc1. The Kier molecular flexibility index (Phi) is 3.06. The van der Waals surface area contributed by atoms with Gasteiger partial charge in [0.15, 0.2) is 6.10 Å². The van der Waals surface area contributed by atoms with Crippen LogP contribution in [0, 0.1) is 11.3 Å². The van der Waals surface area contributed by atoms with Crippen LogP contribution in [0.3, 0.4) is 0 Å². The molecule has 0 aliphatic heterocycles. The summed E-state index contributed by atoms with van der Waals surface area (Å²) in [6.07, 6.45) is 1.13. The molecule has 0 spiro atoms. The monoisotopic (exact) mass is 226 g/mol. The molecule has 1 unspecified atom stereocenters. The van der Waals surface area contributed by atoms with Crippen molar-refractivity contribution in [2.45, 2.75) is 13.0 Å². The van der Waals surface area contributed by atoms with E-state index >= 15 is 0 Å². The van der Waals surface area contributed by atoms with E-state index in [2.05, 4.69) is 20.9 Å². The summed E-state index contributed by atoms with van der Waals surface area (Å²) in [6, 6.07) is 5.48. The molecule has 0 aliphatic rings. The molecular weight excluding hydrogens is 220 g/mol. The van der Waals surface area contributed by atoms with Gasteiger partial charge in [-0.15, -0.1) is 0 Å². The molecule has 0 saturated heterocycles. The van der Waals surface area contributed by atoms with Crippen molar-refractivity contribution in [3.8, 4) is 11.8 Å². The van der Waals surface area contributed by atoms with Crippen LogP contribution in [-0.4, -0.2) is 11.1 Å². The number of hydrogen-bond donors (Lipinski definition) is 0. The van der Waals surface area contributed by atoms with E-state index in [-0.39, 0.29) is 0 Å². The van der Waals surface area contributed by atoms with E-state index in [4.69, 9.17) is 10.00 Å². The number of halogens is 1. The van der Waals surface area contributed by atoms with Gasteiger partial charge in [0, 0.05) is 0 Å². The molecule has 0 bridgehead atoms. The molecular formula is C8H7BrN2O. The Bertz CT molecular complexity index is 291. The Balaban J connectivity index is 2.66. The molecule has 1 heterocycles. The first-order valence-corrected chi connectivity index (χ1v) is 4.19. The predicted octanol–water partition coefficient (Wildman–Crippen LogP) is 2.13. The van der Waals surface area contributed by atoms with E-state index in [0.717, 1.165) is 4.60 Å². The number of pyridine rings is 1. The number of nitrogens with zero attached hydrogens (tertiary/aromatic N) is 2. The van der Waals surface area contributed by atoms with Crippen molar-refractivity contribution in [2.75, 3.05) is 0 Å². The van der Waals surface area contributed by atoms with Gasteiger partial charge in [0.05, 0.1) is 6.20 Å². The summed E-state index contributed by atoms with van der Waals surface area (Å²) in [7, 11) is 0. The molecule has 0 N–H and O–H groups in total. The Labute approximate surface area is 79.1 Å². The summed E-state index contributed by atoms with van der Waals surface area (Å²) in [5.74, 6) is 0.604. The van der Waals surface area contributed by atoms with Gasteiger partial charge in [-0.1, -0.05) is 0 Å². The number of aromatic nitrogens is 1. The van der Waals surface area contributed by atoms with Crippen molar-refractivity contribution < 1.29 is 4.74 Å². The third-order valence-electron chi connectivity index (χ3n) is 1.19. The molecule has 0 aliphatic carbocycles. The van der Waals surface area contributed by atoms with Crippen molar-refractivity contribution in [1.82, 2.24) is 4.98 Å². The molecule has 12 heavy (non-hydrogen) atoms. The van der Waals surface area contributed by atoms with Crippen LogP contribution < -0.4 is 4.74 Å². The van der Waals surface area contributed by atoms with E-state index < -0.39 is 6.10 Å². The van der Waals surface area contributed by atoms with Crippen molar-refractivity contribution in [2.24, 2.45) is 0 Å². The van der Waals surface area contributed by atoms with Gasteiger partial charge in [-0.05, 0) is 35.0 Å². The second kappa shape index (κ2) is 4.07. The molecule has 1 aromatic heterocycles. The lowest BCUT2D eigenvalue weighted by molar-refractivity contribution is 0.275. The van der Waals surface area contributed by atoms with Crippen molar-refractivity contribution in [3.63, 3.8) is 0 Å². The Morgan fingerprint density at radius 3 is 2.92 bits per heavy atom. The van der Waals surface area contributed by atoms with Crippen LogP contribution in [0.4, 0.5) is 0 Å². The summed E-state index contributed by atoms with van der Waals surface area (Å²) in [6.45, 7) is 1.68. The lowest BCUT2D eigenvalue weighted by Gasteiger charge is -2.05. The van der Waals surface area contributed by atoms with Crippen molar-refractivity contribution in [3.05, 3.63) is 22.9 Å². The van der Waals surface area contributed by atoms with Crippen LogP contribution in [-0.2, 0) is 0 Å². The fourth-order valence-electron chi connectivity index (χ4n) is 0.662. The minimum atomic E-state index is -0.437. The molecule has 1 aromatic rings. The number of ether oxygens (including phenoxy) is 1. The average Bonchev–Trinajstić information content (AvgIpc) is 2.09. The molecule has 0 aromatic carbocycles. The first-order chi connectivity index (χ1) is 5.72. The molecule has 1 atom stereocenters. The van der Waals surface area contributed by atoms with E-state index in [1.54, 1.807) is 25.3 Å². The molecule has 3 nitrogen and oxygen atoms in total. The van der Waals surface area contributed by atoms with Crippen LogP contribution in [0.2, 0.25) is 0 Å². The van der Waals surface area contributed by atoms with Gasteiger partial charge in [0.2, 0.25) is 0 Å². The quantitative estimate of drug-likeness (QED) is 0.727. The lowest BCUT2D eigenvalue weighted by atomic mass is 10.4. The molecule has 0 saturated carbocycles. The van der Waals surface area contributed by atoms with Crippen LogP contribution >= 0.6 is 15.9 Å². The predicted molar refractivity (Wildman–Crippen MR) is 47.6 cm³/mol. The zero-order valence-electron chi connectivity index (χ0n) is 6.49. The third-order valence-corrected chi connectivity index (χ3v) is 1.66. The van der Waals surface area contributed by atoms with Crippen molar-refractivity contribution >= 4 is 15.9 Å². The van der Waals surface area contributed by atoms with Gasteiger partial charge in [-0.25, -0.2) is 4.98 Å². The molecule has 0 radical (unpaired) electrons. The topological polar surface area (TPSA) is 45.9 Å². The average molecular weight is 227 g/mol. The molecule has 62 valence electrons. The van der Waals surface area contributed by atoms with E-state index in [1.165, 1.54) is 0 Å². The molecule has 0 fully saturated rings. The van der Waals surface area contributed by atoms with Gasteiger partial charge in [-0.3, -0.25) is 0 Å². The lowest BCUT2D eigenvalue weighted by Crippen LogP contribution is -2.07. The maximum absolute atomic E-state index is 8.45. The fourth-order valence-corrected chi connectivity index (χ4v) is 0.897. The van der Waals surface area contributed by atoms with E-state index in [1.807, 2.05) is 6.07 Å². The van der Waals surface area contributed by atoms with Gasteiger partial charge in [0.25, 0.3) is 0 Å². The highest BCUT2D eigenvalue weighted by Crippen LogP contribution is 2.13. The van der Waals surface area contributed by atoms with Crippen LogP contribution in [0.1, 0.15) is 6.92 Å². The minimum Gasteiger partial charge on any atom is -0.474 e. The standard InChI is InChI=1S/C8H7BrN2O/c1-6(4-10)12-7-2-3-8(9)11-5-7/h2-3,5-6H,1H3. The summed E-state index contributed by atoms with van der Waals surface area (Å²) < 4.78 is 5.92. The van der Waals surface area contributed by atoms with Crippen LogP contribution in [0.5, 0.6) is 5.75 Å². The summed E-state index contributed by atoms with van der Waals surface area (Å²) in [5, 5.41) is 8.45. The molecule has 4 heteroatoms. The first kappa shape index (κ1) is 9.01. The summed E-state index contributed by atoms with van der Waals surface area (Å²) in [5.41, 5.74) is 0. The number of hydrogen-bond acceptors (Lipinski definition) is 3. The highest BCUT2D eigenvalue weighted by atomic mass is 79.9. The van der Waals surface area contributed by atoms with Gasteiger partial charge < -0.3 is 4.74 Å². The Morgan fingerprint density at radius 2 is 2.42 bits per heavy atom. The van der Waals surface area contributed by atoms with Gasteiger partial charge in [-0.2, -0.15) is 5.26 Å². The van der Waals surface area contributed by atoms with Crippen molar-refractivity contribution in [1.29, 1.82) is 5.26 Å². The minimum absolute atomic E-state index is 0.437. The van der Waals surface area contributed by atoms with E-state index in [0.29, 0.717) is 5.75 Å². The summed E-state index contributed by atoms with van der Waals surface area (Å²) in [4.78, 5) is 3.95. The smallest absolute Gasteiger partial charge is 0.181 e. The molecule has 1 rings (SSSR count). The van der Waals surface area contributed by atoms with Gasteiger partial charge >= 0.3 is 0 Å². The third kappa shape index (κ3) is 2.51. The summed E-state index contributed by atoms with van der Waals surface area (Å²) >= 11 is 3.20. The fraction of sp³-hybridized carbons (Fsp3) is 0.250. The van der Waals surface area contributed by atoms with Crippen LogP contribution in [0.25, 0.3) is 0 Å². The normalized spacial score (nSPS) is 11.8. The number of rotatable bonds is 2. The Morgan fingerprint density at radius 1 is 1.67 bits per heavy atom. The zero-order valence-corrected chi connectivity index (χ0v) is 8.08. The largest absolute Gasteiger partial charge is 0.474 e. The second-order valence-corrected chi connectivity index (χ2v) is 3.02. The maximum Gasteiger partial charge on any atom is 0.181 e.